The molecule has 2 rings (SSSR count). The normalized spacial score (nSPS) is 16.9. The van der Waals surface area contributed by atoms with Crippen molar-refractivity contribution in [2.45, 2.75) is 51.5 Å². The summed E-state index contributed by atoms with van der Waals surface area (Å²) >= 11 is 0. The Hall–Kier alpha value is -1.77. The van der Waals surface area contributed by atoms with E-state index in [1.807, 2.05) is 18.2 Å². The Labute approximate surface area is 121 Å². The summed E-state index contributed by atoms with van der Waals surface area (Å²) in [5.41, 5.74) is 2.31. The highest BCUT2D eigenvalue weighted by molar-refractivity contribution is 5.76. The molecule has 0 bridgehead atoms. The van der Waals surface area contributed by atoms with Gasteiger partial charge in [-0.1, -0.05) is 55.5 Å². The van der Waals surface area contributed by atoms with Gasteiger partial charge in [0.25, 0.3) is 0 Å². The van der Waals surface area contributed by atoms with Crippen molar-refractivity contribution in [2.75, 3.05) is 0 Å². The molecule has 1 saturated carbocycles. The SMILES string of the molecule is Cc1cccc(/C=C/NC(=O)NC2CCCCCC2)c1. The molecule has 0 spiro atoms. The van der Waals surface area contributed by atoms with E-state index in [0.717, 1.165) is 18.4 Å². The summed E-state index contributed by atoms with van der Waals surface area (Å²) in [6.45, 7) is 2.06. The third-order valence-electron chi connectivity index (χ3n) is 3.72. The Kier molecular flexibility index (Phi) is 5.66. The number of nitrogens with one attached hydrogen (secondary N) is 2. The zero-order chi connectivity index (χ0) is 14.2. The molecule has 0 aliphatic heterocycles. The number of hydrogen-bond donors (Lipinski definition) is 2. The van der Waals surface area contributed by atoms with Crippen LogP contribution in [0, 0.1) is 6.92 Å². The van der Waals surface area contributed by atoms with Gasteiger partial charge in [-0.3, -0.25) is 0 Å². The molecule has 0 radical (unpaired) electrons. The van der Waals surface area contributed by atoms with Gasteiger partial charge in [0.15, 0.2) is 0 Å². The maximum atomic E-state index is 11.8. The summed E-state index contributed by atoms with van der Waals surface area (Å²) in [4.78, 5) is 11.8. The molecule has 0 atom stereocenters. The maximum absolute atomic E-state index is 11.8. The number of carbonyl (C=O) groups excluding carboxylic acids is 1. The van der Waals surface area contributed by atoms with E-state index in [4.69, 9.17) is 0 Å². The van der Waals surface area contributed by atoms with Crippen molar-refractivity contribution in [1.82, 2.24) is 10.6 Å². The predicted octanol–water partition coefficient (Wildman–Crippen LogP) is 3.99. The Bertz CT molecular complexity index is 460. The summed E-state index contributed by atoms with van der Waals surface area (Å²) < 4.78 is 0. The van der Waals surface area contributed by atoms with Crippen LogP contribution in [-0.4, -0.2) is 12.1 Å². The minimum absolute atomic E-state index is 0.0965. The van der Waals surface area contributed by atoms with E-state index in [0.29, 0.717) is 6.04 Å². The molecule has 0 aromatic heterocycles. The highest BCUT2D eigenvalue weighted by Crippen LogP contribution is 2.16. The number of carbonyl (C=O) groups is 1. The van der Waals surface area contributed by atoms with Gasteiger partial charge in [-0.15, -0.1) is 0 Å². The average molecular weight is 272 g/mol. The van der Waals surface area contributed by atoms with Crippen LogP contribution in [0.3, 0.4) is 0 Å². The molecule has 108 valence electrons. The van der Waals surface area contributed by atoms with Gasteiger partial charge < -0.3 is 10.6 Å². The van der Waals surface area contributed by atoms with Crippen LogP contribution in [0.5, 0.6) is 0 Å². The van der Waals surface area contributed by atoms with E-state index in [2.05, 4.69) is 29.7 Å². The Morgan fingerprint density at radius 2 is 1.95 bits per heavy atom. The highest BCUT2D eigenvalue weighted by Gasteiger charge is 2.13. The van der Waals surface area contributed by atoms with Crippen molar-refractivity contribution >= 4 is 12.1 Å². The van der Waals surface area contributed by atoms with E-state index in [1.165, 1.54) is 31.2 Å². The van der Waals surface area contributed by atoms with Gasteiger partial charge in [0, 0.05) is 12.2 Å². The molecule has 1 aliphatic carbocycles. The monoisotopic (exact) mass is 272 g/mol. The number of aryl methyl sites for hydroxylation is 1. The third kappa shape index (κ3) is 5.08. The highest BCUT2D eigenvalue weighted by atomic mass is 16.2. The Balaban J connectivity index is 1.76. The van der Waals surface area contributed by atoms with Gasteiger partial charge in [0.2, 0.25) is 0 Å². The van der Waals surface area contributed by atoms with Gasteiger partial charge in [-0.25, -0.2) is 4.79 Å². The molecule has 20 heavy (non-hydrogen) atoms. The molecule has 1 aromatic rings. The number of urea groups is 1. The van der Waals surface area contributed by atoms with Crippen LogP contribution in [0.2, 0.25) is 0 Å². The van der Waals surface area contributed by atoms with E-state index in [9.17, 15) is 4.79 Å². The van der Waals surface area contributed by atoms with Crippen molar-refractivity contribution in [1.29, 1.82) is 0 Å². The minimum Gasteiger partial charge on any atom is -0.335 e. The summed E-state index contributed by atoms with van der Waals surface area (Å²) in [6, 6.07) is 8.42. The quantitative estimate of drug-likeness (QED) is 0.803. The van der Waals surface area contributed by atoms with Gasteiger partial charge in [0.1, 0.15) is 0 Å². The second-order valence-electron chi connectivity index (χ2n) is 5.55. The Morgan fingerprint density at radius 1 is 1.20 bits per heavy atom. The van der Waals surface area contributed by atoms with Crippen molar-refractivity contribution in [3.63, 3.8) is 0 Å². The molecular formula is C17H24N2O. The second kappa shape index (κ2) is 7.73. The maximum Gasteiger partial charge on any atom is 0.318 e. The molecule has 3 nitrogen and oxygen atoms in total. The predicted molar refractivity (Wildman–Crippen MR) is 83.4 cm³/mol. The first-order valence-electron chi connectivity index (χ1n) is 7.54. The van der Waals surface area contributed by atoms with Crippen molar-refractivity contribution in [3.8, 4) is 0 Å². The molecule has 2 N–H and O–H groups in total. The lowest BCUT2D eigenvalue weighted by Gasteiger charge is -2.15. The summed E-state index contributed by atoms with van der Waals surface area (Å²) in [5.74, 6) is 0. The third-order valence-corrected chi connectivity index (χ3v) is 3.72. The van der Waals surface area contributed by atoms with Crippen molar-refractivity contribution < 1.29 is 4.79 Å². The van der Waals surface area contributed by atoms with Gasteiger partial charge >= 0.3 is 6.03 Å². The van der Waals surface area contributed by atoms with Crippen molar-refractivity contribution in [3.05, 3.63) is 41.6 Å². The smallest absolute Gasteiger partial charge is 0.318 e. The van der Waals surface area contributed by atoms with E-state index in [1.54, 1.807) is 6.20 Å². The minimum atomic E-state index is -0.0965. The van der Waals surface area contributed by atoms with Gasteiger partial charge in [-0.2, -0.15) is 0 Å². The molecular weight excluding hydrogens is 248 g/mol. The number of amides is 2. The van der Waals surface area contributed by atoms with Crippen LogP contribution in [0.1, 0.15) is 49.7 Å². The lowest BCUT2D eigenvalue weighted by Crippen LogP contribution is -2.39. The van der Waals surface area contributed by atoms with Crippen LogP contribution in [0.25, 0.3) is 6.08 Å². The molecule has 0 saturated heterocycles. The average Bonchev–Trinajstić information content (AvgIpc) is 2.67. The number of hydrogen-bond acceptors (Lipinski definition) is 1. The van der Waals surface area contributed by atoms with E-state index >= 15 is 0 Å². The zero-order valence-corrected chi connectivity index (χ0v) is 12.2. The first kappa shape index (κ1) is 14.6. The van der Waals surface area contributed by atoms with E-state index < -0.39 is 0 Å². The van der Waals surface area contributed by atoms with E-state index in [-0.39, 0.29) is 6.03 Å². The van der Waals surface area contributed by atoms with Crippen LogP contribution in [0.15, 0.2) is 30.5 Å². The molecule has 2 amide bonds. The van der Waals surface area contributed by atoms with Gasteiger partial charge in [0.05, 0.1) is 0 Å². The van der Waals surface area contributed by atoms with Crippen LogP contribution >= 0.6 is 0 Å². The standard InChI is InChI=1S/C17H24N2O/c1-14-7-6-8-15(13-14)11-12-18-17(20)19-16-9-4-2-3-5-10-16/h6-8,11-13,16H,2-5,9-10H2,1H3,(H2,18,19,20)/b12-11+. The summed E-state index contributed by atoms with van der Waals surface area (Å²) in [7, 11) is 0. The number of rotatable bonds is 3. The fourth-order valence-corrected chi connectivity index (χ4v) is 2.64. The molecule has 3 heteroatoms. The van der Waals surface area contributed by atoms with Crippen LogP contribution in [0.4, 0.5) is 4.79 Å². The lowest BCUT2D eigenvalue weighted by molar-refractivity contribution is 0.239. The summed E-state index contributed by atoms with van der Waals surface area (Å²) in [5, 5.41) is 5.84. The fourth-order valence-electron chi connectivity index (χ4n) is 2.64. The Morgan fingerprint density at radius 3 is 2.65 bits per heavy atom. The second-order valence-corrected chi connectivity index (χ2v) is 5.55. The van der Waals surface area contributed by atoms with Crippen molar-refractivity contribution in [2.24, 2.45) is 0 Å². The molecule has 1 aliphatic rings. The van der Waals surface area contributed by atoms with Crippen LogP contribution in [-0.2, 0) is 0 Å². The first-order valence-corrected chi connectivity index (χ1v) is 7.54. The largest absolute Gasteiger partial charge is 0.335 e. The molecule has 1 aromatic carbocycles. The molecule has 1 fully saturated rings. The fraction of sp³-hybridized carbons (Fsp3) is 0.471. The first-order chi connectivity index (χ1) is 9.74. The summed E-state index contributed by atoms with van der Waals surface area (Å²) in [6.07, 6.45) is 10.9. The zero-order valence-electron chi connectivity index (χ0n) is 12.2. The molecule has 0 heterocycles. The topological polar surface area (TPSA) is 41.1 Å². The van der Waals surface area contributed by atoms with Gasteiger partial charge in [-0.05, 0) is 31.4 Å². The van der Waals surface area contributed by atoms with Crippen LogP contribution < -0.4 is 10.6 Å². The number of benzene rings is 1. The molecule has 0 unspecified atom stereocenters. The lowest BCUT2D eigenvalue weighted by atomic mass is 10.1.